The molecule has 118 valence electrons. The van der Waals surface area contributed by atoms with Crippen molar-refractivity contribution in [1.29, 1.82) is 0 Å². The molecule has 0 saturated heterocycles. The van der Waals surface area contributed by atoms with Crippen LogP contribution in [0.1, 0.15) is 15.9 Å². The molecule has 0 aliphatic heterocycles. The first-order chi connectivity index (χ1) is 11.1. The van der Waals surface area contributed by atoms with Gasteiger partial charge in [0.05, 0.1) is 12.7 Å². The molecule has 2 rings (SSSR count). The minimum absolute atomic E-state index is 0.376. The molecule has 6 heteroatoms. The van der Waals surface area contributed by atoms with Gasteiger partial charge in [0.2, 0.25) is 0 Å². The number of halogens is 1. The quantitative estimate of drug-likeness (QED) is 0.793. The van der Waals surface area contributed by atoms with E-state index < -0.39 is 5.97 Å². The van der Waals surface area contributed by atoms with E-state index in [4.69, 9.17) is 0 Å². The smallest absolute Gasteiger partial charge is 0.337 e. The number of hydrogen-bond donors (Lipinski definition) is 2. The number of carbonyl (C=O) groups excluding carboxylic acids is 2. The van der Waals surface area contributed by atoms with Crippen molar-refractivity contribution in [1.82, 2.24) is 5.32 Å². The highest BCUT2D eigenvalue weighted by Crippen LogP contribution is 2.16. The predicted molar refractivity (Wildman–Crippen MR) is 93.1 cm³/mol. The van der Waals surface area contributed by atoms with Gasteiger partial charge in [0.15, 0.2) is 0 Å². The van der Waals surface area contributed by atoms with E-state index in [-0.39, 0.29) is 6.03 Å². The maximum atomic E-state index is 11.8. The van der Waals surface area contributed by atoms with Gasteiger partial charge >= 0.3 is 12.0 Å². The second kappa shape index (κ2) is 8.14. The molecule has 0 atom stereocenters. The number of anilines is 1. The molecule has 0 aromatic heterocycles. The monoisotopic (exact) mass is 374 g/mol. The number of methoxy groups -OCH3 is 1. The standard InChI is InChI=1S/C17H15BrN2O3/c1-23-16(21)13-6-8-14(9-7-13)20-17(22)19-11-10-12-4-2-3-5-15(12)18/h2-11H,1H3,(H2,19,20,22)/b11-10+. The van der Waals surface area contributed by atoms with Crippen molar-refractivity contribution in [3.63, 3.8) is 0 Å². The Balaban J connectivity index is 1.90. The Bertz CT molecular complexity index is 727. The van der Waals surface area contributed by atoms with Crippen molar-refractivity contribution < 1.29 is 14.3 Å². The van der Waals surface area contributed by atoms with Gasteiger partial charge in [-0.05, 0) is 42.0 Å². The Morgan fingerprint density at radius 2 is 1.78 bits per heavy atom. The number of carbonyl (C=O) groups is 2. The highest BCUT2D eigenvalue weighted by atomic mass is 79.9. The number of nitrogens with one attached hydrogen (secondary N) is 2. The van der Waals surface area contributed by atoms with Crippen LogP contribution in [0.2, 0.25) is 0 Å². The summed E-state index contributed by atoms with van der Waals surface area (Å²) in [7, 11) is 1.32. The summed E-state index contributed by atoms with van der Waals surface area (Å²) in [6.07, 6.45) is 3.34. The molecule has 2 aromatic rings. The number of esters is 1. The fraction of sp³-hybridized carbons (Fsp3) is 0.0588. The molecule has 0 bridgehead atoms. The van der Waals surface area contributed by atoms with E-state index in [0.717, 1.165) is 10.0 Å². The number of amides is 2. The summed E-state index contributed by atoms with van der Waals surface area (Å²) >= 11 is 3.42. The van der Waals surface area contributed by atoms with Gasteiger partial charge in [-0.25, -0.2) is 9.59 Å². The molecule has 2 N–H and O–H groups in total. The molecule has 0 radical (unpaired) electrons. The van der Waals surface area contributed by atoms with E-state index in [0.29, 0.717) is 11.3 Å². The van der Waals surface area contributed by atoms with E-state index in [9.17, 15) is 9.59 Å². The van der Waals surface area contributed by atoms with Gasteiger partial charge in [-0.1, -0.05) is 34.1 Å². The second-order valence-corrected chi connectivity index (χ2v) is 5.38. The van der Waals surface area contributed by atoms with Gasteiger partial charge in [0, 0.05) is 16.4 Å². The molecule has 0 saturated carbocycles. The van der Waals surface area contributed by atoms with Crippen molar-refractivity contribution in [3.05, 3.63) is 70.3 Å². The molecular formula is C17H15BrN2O3. The van der Waals surface area contributed by atoms with Crippen LogP contribution in [0.4, 0.5) is 10.5 Å². The summed E-state index contributed by atoms with van der Waals surface area (Å²) in [5.74, 6) is -0.419. The Morgan fingerprint density at radius 1 is 1.09 bits per heavy atom. The molecule has 23 heavy (non-hydrogen) atoms. The average molecular weight is 375 g/mol. The van der Waals surface area contributed by atoms with Crippen LogP contribution in [0.5, 0.6) is 0 Å². The zero-order chi connectivity index (χ0) is 16.7. The molecule has 2 amide bonds. The maximum absolute atomic E-state index is 11.8. The van der Waals surface area contributed by atoms with Crippen LogP contribution in [0.3, 0.4) is 0 Å². The van der Waals surface area contributed by atoms with Crippen LogP contribution in [0.25, 0.3) is 6.08 Å². The molecule has 0 spiro atoms. The molecule has 0 aliphatic rings. The maximum Gasteiger partial charge on any atom is 0.337 e. The van der Waals surface area contributed by atoms with Crippen molar-refractivity contribution in [2.45, 2.75) is 0 Å². The van der Waals surface area contributed by atoms with Crippen LogP contribution in [-0.2, 0) is 4.74 Å². The zero-order valence-corrected chi connectivity index (χ0v) is 14.0. The van der Waals surface area contributed by atoms with Crippen molar-refractivity contribution in [2.24, 2.45) is 0 Å². The normalized spacial score (nSPS) is 10.3. The first kappa shape index (κ1) is 16.8. The zero-order valence-electron chi connectivity index (χ0n) is 12.4. The number of hydrogen-bond acceptors (Lipinski definition) is 3. The van der Waals surface area contributed by atoms with Crippen molar-refractivity contribution in [2.75, 3.05) is 12.4 Å². The van der Waals surface area contributed by atoms with Crippen LogP contribution in [-0.4, -0.2) is 19.1 Å². The summed E-state index contributed by atoms with van der Waals surface area (Å²) in [5.41, 5.74) is 1.95. The summed E-state index contributed by atoms with van der Waals surface area (Å²) in [4.78, 5) is 23.1. The second-order valence-electron chi connectivity index (χ2n) is 4.52. The first-order valence-electron chi connectivity index (χ1n) is 6.77. The third-order valence-electron chi connectivity index (χ3n) is 2.95. The fourth-order valence-electron chi connectivity index (χ4n) is 1.79. The van der Waals surface area contributed by atoms with E-state index in [2.05, 4.69) is 31.3 Å². The molecule has 0 aliphatic carbocycles. The number of rotatable bonds is 4. The van der Waals surface area contributed by atoms with Gasteiger partial charge in [-0.2, -0.15) is 0 Å². The van der Waals surface area contributed by atoms with Crippen molar-refractivity contribution >= 4 is 39.7 Å². The minimum Gasteiger partial charge on any atom is -0.465 e. The summed E-state index contributed by atoms with van der Waals surface area (Å²) in [5, 5.41) is 5.27. The van der Waals surface area contributed by atoms with E-state index in [1.165, 1.54) is 7.11 Å². The summed E-state index contributed by atoms with van der Waals surface area (Å²) < 4.78 is 5.55. The average Bonchev–Trinajstić information content (AvgIpc) is 2.56. The van der Waals surface area contributed by atoms with Gasteiger partial charge in [0.1, 0.15) is 0 Å². The lowest BCUT2D eigenvalue weighted by Crippen LogP contribution is -2.23. The van der Waals surface area contributed by atoms with Crippen LogP contribution in [0, 0.1) is 0 Å². The van der Waals surface area contributed by atoms with Gasteiger partial charge in [0.25, 0.3) is 0 Å². The van der Waals surface area contributed by atoms with Crippen LogP contribution < -0.4 is 10.6 Å². The lowest BCUT2D eigenvalue weighted by Gasteiger charge is -2.05. The summed E-state index contributed by atoms with van der Waals surface area (Å²) in [6, 6.07) is 13.7. The van der Waals surface area contributed by atoms with Crippen LogP contribution in [0.15, 0.2) is 59.2 Å². The Labute approximate surface area is 142 Å². The number of benzene rings is 2. The first-order valence-corrected chi connectivity index (χ1v) is 7.56. The topological polar surface area (TPSA) is 67.4 Å². The largest absolute Gasteiger partial charge is 0.465 e. The van der Waals surface area contributed by atoms with E-state index in [1.807, 2.05) is 24.3 Å². The number of ether oxygens (including phenoxy) is 1. The third-order valence-corrected chi connectivity index (χ3v) is 3.67. The molecule has 0 unspecified atom stereocenters. The van der Waals surface area contributed by atoms with Crippen LogP contribution >= 0.6 is 15.9 Å². The van der Waals surface area contributed by atoms with Gasteiger partial charge < -0.3 is 15.4 Å². The number of urea groups is 1. The van der Waals surface area contributed by atoms with E-state index >= 15 is 0 Å². The van der Waals surface area contributed by atoms with Crippen molar-refractivity contribution in [3.8, 4) is 0 Å². The predicted octanol–water partition coefficient (Wildman–Crippen LogP) is 4.03. The molecule has 5 nitrogen and oxygen atoms in total. The highest BCUT2D eigenvalue weighted by Gasteiger charge is 2.05. The molecule has 2 aromatic carbocycles. The van der Waals surface area contributed by atoms with Gasteiger partial charge in [-0.15, -0.1) is 0 Å². The summed E-state index contributed by atoms with van der Waals surface area (Å²) in [6.45, 7) is 0. The van der Waals surface area contributed by atoms with E-state index in [1.54, 1.807) is 36.5 Å². The third kappa shape index (κ3) is 4.96. The van der Waals surface area contributed by atoms with Gasteiger partial charge in [-0.3, -0.25) is 0 Å². The lowest BCUT2D eigenvalue weighted by molar-refractivity contribution is 0.0601. The minimum atomic E-state index is -0.419. The Morgan fingerprint density at radius 3 is 2.43 bits per heavy atom. The Kier molecular flexibility index (Phi) is 5.94. The molecule has 0 heterocycles. The molecular weight excluding hydrogens is 360 g/mol. The fourth-order valence-corrected chi connectivity index (χ4v) is 2.21. The lowest BCUT2D eigenvalue weighted by atomic mass is 10.2. The Hall–Kier alpha value is -2.60. The molecule has 0 fully saturated rings. The highest BCUT2D eigenvalue weighted by molar-refractivity contribution is 9.10. The SMILES string of the molecule is COC(=O)c1ccc(NC(=O)N/C=C/c2ccccc2Br)cc1.